The highest BCUT2D eigenvalue weighted by molar-refractivity contribution is 7.89. The molecule has 1 saturated heterocycles. The number of carbonyl (C=O) groups is 1. The number of sulfonamides is 1. The third-order valence-corrected chi connectivity index (χ3v) is 6.23. The topological polar surface area (TPSA) is 60.9 Å². The van der Waals surface area contributed by atoms with Crippen molar-refractivity contribution in [3.8, 4) is 0 Å². The Kier molecular flexibility index (Phi) is 8.35. The Hall–Kier alpha value is -0.660. The van der Waals surface area contributed by atoms with Gasteiger partial charge in [-0.1, -0.05) is 27.2 Å². The summed E-state index contributed by atoms with van der Waals surface area (Å²) in [5.74, 6) is 0.358. The van der Waals surface area contributed by atoms with Gasteiger partial charge in [0.2, 0.25) is 15.9 Å². The summed E-state index contributed by atoms with van der Waals surface area (Å²) in [5.41, 5.74) is 0. The van der Waals surface area contributed by atoms with Crippen LogP contribution in [0.2, 0.25) is 0 Å². The quantitative estimate of drug-likeness (QED) is 0.631. The van der Waals surface area contributed by atoms with E-state index in [-0.39, 0.29) is 11.7 Å². The second kappa shape index (κ2) is 9.47. The lowest BCUT2D eigenvalue weighted by atomic mass is 10.3. The highest BCUT2D eigenvalue weighted by atomic mass is 32.2. The van der Waals surface area contributed by atoms with Crippen LogP contribution in [0.3, 0.4) is 0 Å². The number of rotatable bonds is 9. The van der Waals surface area contributed by atoms with Crippen molar-refractivity contribution < 1.29 is 13.2 Å². The summed E-state index contributed by atoms with van der Waals surface area (Å²) in [5, 5.41) is 0. The fourth-order valence-electron chi connectivity index (χ4n) is 2.62. The maximum Gasteiger partial charge on any atom is 0.223 e. The first-order valence-electron chi connectivity index (χ1n) is 8.42. The summed E-state index contributed by atoms with van der Waals surface area (Å²) in [6.07, 6.45) is 2.10. The van der Waals surface area contributed by atoms with Crippen LogP contribution in [0, 0.1) is 0 Å². The standard InChI is InChI=1S/C15H31N3O3S/c1-4-7-14-22(20,21)18-12-10-17(11-13-18)15(19)8-9-16(5-2)6-3/h4-14H2,1-3H3. The Labute approximate surface area is 135 Å². The van der Waals surface area contributed by atoms with Gasteiger partial charge in [0.1, 0.15) is 0 Å². The van der Waals surface area contributed by atoms with E-state index in [1.165, 1.54) is 4.31 Å². The second-order valence-corrected chi connectivity index (χ2v) is 7.81. The van der Waals surface area contributed by atoms with Crippen molar-refractivity contribution in [3.63, 3.8) is 0 Å². The first-order valence-corrected chi connectivity index (χ1v) is 10.0. The van der Waals surface area contributed by atoms with Gasteiger partial charge in [0.15, 0.2) is 0 Å². The highest BCUT2D eigenvalue weighted by Gasteiger charge is 2.28. The summed E-state index contributed by atoms with van der Waals surface area (Å²) < 4.78 is 25.8. The van der Waals surface area contributed by atoms with Crippen LogP contribution in [0.5, 0.6) is 0 Å². The molecule has 0 bridgehead atoms. The molecule has 0 saturated carbocycles. The summed E-state index contributed by atoms with van der Waals surface area (Å²) in [6.45, 7) is 10.8. The minimum Gasteiger partial charge on any atom is -0.340 e. The largest absolute Gasteiger partial charge is 0.340 e. The molecule has 0 N–H and O–H groups in total. The van der Waals surface area contributed by atoms with Crippen LogP contribution in [-0.2, 0) is 14.8 Å². The van der Waals surface area contributed by atoms with E-state index in [0.29, 0.717) is 39.0 Å². The van der Waals surface area contributed by atoms with E-state index in [2.05, 4.69) is 18.7 Å². The number of carbonyl (C=O) groups excluding carboxylic acids is 1. The molecule has 0 radical (unpaired) electrons. The molecule has 0 aliphatic carbocycles. The van der Waals surface area contributed by atoms with E-state index in [1.54, 1.807) is 4.90 Å². The first kappa shape index (κ1) is 19.4. The molecule has 22 heavy (non-hydrogen) atoms. The van der Waals surface area contributed by atoms with Crippen LogP contribution < -0.4 is 0 Å². The monoisotopic (exact) mass is 333 g/mol. The predicted octanol–water partition coefficient (Wildman–Crippen LogP) is 0.992. The van der Waals surface area contributed by atoms with Crippen molar-refractivity contribution in [2.24, 2.45) is 0 Å². The van der Waals surface area contributed by atoms with Crippen molar-refractivity contribution in [2.75, 3.05) is 51.6 Å². The van der Waals surface area contributed by atoms with Crippen molar-refractivity contribution >= 4 is 15.9 Å². The minimum atomic E-state index is -3.14. The van der Waals surface area contributed by atoms with Gasteiger partial charge in [0.05, 0.1) is 5.75 Å². The molecule has 1 aliphatic heterocycles. The summed E-state index contributed by atoms with van der Waals surface area (Å²) in [6, 6.07) is 0. The third kappa shape index (κ3) is 5.85. The fourth-order valence-corrected chi connectivity index (χ4v) is 4.25. The highest BCUT2D eigenvalue weighted by Crippen LogP contribution is 2.11. The molecular weight excluding hydrogens is 302 g/mol. The van der Waals surface area contributed by atoms with Gasteiger partial charge in [-0.3, -0.25) is 4.79 Å². The SMILES string of the molecule is CCCCS(=O)(=O)N1CCN(C(=O)CCN(CC)CC)CC1. The Balaban J connectivity index is 2.40. The average Bonchev–Trinajstić information content (AvgIpc) is 2.54. The van der Waals surface area contributed by atoms with Gasteiger partial charge in [-0.25, -0.2) is 8.42 Å². The molecule has 6 nitrogen and oxygen atoms in total. The fraction of sp³-hybridized carbons (Fsp3) is 0.933. The van der Waals surface area contributed by atoms with Crippen LogP contribution in [0.25, 0.3) is 0 Å². The van der Waals surface area contributed by atoms with E-state index in [1.807, 2.05) is 6.92 Å². The number of piperazine rings is 1. The number of hydrogen-bond acceptors (Lipinski definition) is 4. The van der Waals surface area contributed by atoms with E-state index >= 15 is 0 Å². The molecule has 1 amide bonds. The van der Waals surface area contributed by atoms with Gasteiger partial charge in [0, 0.05) is 39.1 Å². The number of amides is 1. The predicted molar refractivity (Wildman–Crippen MR) is 89.3 cm³/mol. The molecular formula is C15H31N3O3S. The summed E-state index contributed by atoms with van der Waals surface area (Å²) in [7, 11) is -3.14. The first-order chi connectivity index (χ1) is 10.4. The third-order valence-electron chi connectivity index (χ3n) is 4.28. The summed E-state index contributed by atoms with van der Waals surface area (Å²) >= 11 is 0. The maximum absolute atomic E-state index is 12.2. The molecule has 0 aromatic rings. The Morgan fingerprint density at radius 1 is 1.05 bits per heavy atom. The van der Waals surface area contributed by atoms with E-state index in [4.69, 9.17) is 0 Å². The molecule has 0 aromatic heterocycles. The molecule has 1 rings (SSSR count). The lowest BCUT2D eigenvalue weighted by molar-refractivity contribution is -0.132. The van der Waals surface area contributed by atoms with Gasteiger partial charge in [0.25, 0.3) is 0 Å². The lowest BCUT2D eigenvalue weighted by Gasteiger charge is -2.34. The number of unbranched alkanes of at least 4 members (excludes halogenated alkanes) is 1. The average molecular weight is 333 g/mol. The zero-order chi connectivity index (χ0) is 16.6. The number of nitrogens with zero attached hydrogens (tertiary/aromatic N) is 3. The number of hydrogen-bond donors (Lipinski definition) is 0. The zero-order valence-electron chi connectivity index (χ0n) is 14.3. The molecule has 0 aromatic carbocycles. The van der Waals surface area contributed by atoms with Crippen LogP contribution in [-0.4, -0.2) is 80.0 Å². The molecule has 0 atom stereocenters. The van der Waals surface area contributed by atoms with E-state index < -0.39 is 10.0 Å². The van der Waals surface area contributed by atoms with Crippen molar-refractivity contribution in [2.45, 2.75) is 40.0 Å². The van der Waals surface area contributed by atoms with Crippen LogP contribution in [0.4, 0.5) is 0 Å². The van der Waals surface area contributed by atoms with E-state index in [0.717, 1.165) is 26.1 Å². The molecule has 0 unspecified atom stereocenters. The molecule has 1 aliphatic rings. The smallest absolute Gasteiger partial charge is 0.223 e. The Bertz CT molecular complexity index is 427. The van der Waals surface area contributed by atoms with E-state index in [9.17, 15) is 13.2 Å². The van der Waals surface area contributed by atoms with Gasteiger partial charge < -0.3 is 9.80 Å². The van der Waals surface area contributed by atoms with Gasteiger partial charge in [-0.15, -0.1) is 0 Å². The summed E-state index contributed by atoms with van der Waals surface area (Å²) in [4.78, 5) is 16.2. The Morgan fingerprint density at radius 3 is 2.14 bits per heavy atom. The molecule has 7 heteroatoms. The van der Waals surface area contributed by atoms with Crippen molar-refractivity contribution in [3.05, 3.63) is 0 Å². The normalized spacial score (nSPS) is 17.2. The van der Waals surface area contributed by atoms with Gasteiger partial charge >= 0.3 is 0 Å². The van der Waals surface area contributed by atoms with Crippen LogP contribution >= 0.6 is 0 Å². The van der Waals surface area contributed by atoms with Gasteiger partial charge in [-0.2, -0.15) is 4.31 Å². The van der Waals surface area contributed by atoms with Crippen molar-refractivity contribution in [1.29, 1.82) is 0 Å². The Morgan fingerprint density at radius 2 is 1.64 bits per heavy atom. The molecule has 1 fully saturated rings. The molecule has 130 valence electrons. The molecule has 1 heterocycles. The van der Waals surface area contributed by atoms with Crippen LogP contribution in [0.15, 0.2) is 0 Å². The van der Waals surface area contributed by atoms with Gasteiger partial charge in [-0.05, 0) is 19.5 Å². The second-order valence-electron chi connectivity index (χ2n) is 5.73. The lowest BCUT2D eigenvalue weighted by Crippen LogP contribution is -2.51. The van der Waals surface area contributed by atoms with Crippen LogP contribution in [0.1, 0.15) is 40.0 Å². The zero-order valence-corrected chi connectivity index (χ0v) is 15.1. The molecule has 0 spiro atoms. The minimum absolute atomic E-state index is 0.137. The van der Waals surface area contributed by atoms with Crippen molar-refractivity contribution in [1.82, 2.24) is 14.1 Å². The maximum atomic E-state index is 12.2.